The lowest BCUT2D eigenvalue weighted by molar-refractivity contribution is -0.394. The Balaban J connectivity index is 2.29. The van der Waals surface area contributed by atoms with E-state index in [0.29, 0.717) is 11.8 Å². The van der Waals surface area contributed by atoms with Crippen molar-refractivity contribution in [2.45, 2.75) is 10.6 Å². The van der Waals surface area contributed by atoms with Crippen LogP contribution in [-0.2, 0) is 9.84 Å². The van der Waals surface area contributed by atoms with Crippen molar-refractivity contribution >= 4 is 49.7 Å². The topological polar surface area (TPSA) is 137 Å². The van der Waals surface area contributed by atoms with E-state index < -0.39 is 46.8 Å². The molecule has 23 heavy (non-hydrogen) atoms. The van der Waals surface area contributed by atoms with Gasteiger partial charge in [-0.1, -0.05) is 11.8 Å². The number of hydrogen-bond acceptors (Lipinski definition) is 8. The van der Waals surface area contributed by atoms with Crippen molar-refractivity contribution in [2.24, 2.45) is 0 Å². The maximum atomic E-state index is 12.2. The Bertz CT molecular complexity index is 763. The third-order valence-electron chi connectivity index (χ3n) is 3.05. The molecule has 124 valence electrons. The zero-order valence-corrected chi connectivity index (χ0v) is 13.6. The number of non-ortho nitro benzene ring substituents is 2. The van der Waals surface area contributed by atoms with Crippen LogP contribution in [0.5, 0.6) is 0 Å². The van der Waals surface area contributed by atoms with Crippen molar-refractivity contribution in [2.75, 3.05) is 11.5 Å². The highest BCUT2D eigenvalue weighted by atomic mass is 35.5. The van der Waals surface area contributed by atoms with Crippen LogP contribution in [0.3, 0.4) is 0 Å². The summed E-state index contributed by atoms with van der Waals surface area (Å²) in [6.07, 6.45) is 0. The summed E-state index contributed by atoms with van der Waals surface area (Å²) in [7, 11) is -3.34. The average molecular weight is 381 g/mol. The Kier molecular flexibility index (Phi) is 4.92. The third kappa shape index (κ3) is 4.18. The Labute approximate surface area is 139 Å². The molecule has 1 heterocycles. The monoisotopic (exact) mass is 380 g/mol. The summed E-state index contributed by atoms with van der Waals surface area (Å²) in [4.78, 5) is 32.1. The molecule has 1 aromatic carbocycles. The lowest BCUT2D eigenvalue weighted by atomic mass is 10.2. The number of nitro groups is 2. The average Bonchev–Trinajstić information content (AvgIpc) is 2.70. The van der Waals surface area contributed by atoms with Crippen molar-refractivity contribution in [1.82, 2.24) is 0 Å². The minimum atomic E-state index is -3.34. The van der Waals surface area contributed by atoms with Gasteiger partial charge in [-0.25, -0.2) is 8.42 Å². The van der Waals surface area contributed by atoms with Gasteiger partial charge in [0.05, 0.1) is 32.8 Å². The molecule has 0 N–H and O–H groups in total. The van der Waals surface area contributed by atoms with E-state index in [9.17, 15) is 33.4 Å². The number of carbonyl (C=O) groups is 1. The number of rotatable bonds is 4. The normalized spacial score (nSPS) is 22.7. The van der Waals surface area contributed by atoms with Crippen LogP contribution >= 0.6 is 23.4 Å². The summed E-state index contributed by atoms with van der Waals surface area (Å²) in [5, 5.41) is 19.4. The molecular weight excluding hydrogens is 372 g/mol. The van der Waals surface area contributed by atoms with Crippen molar-refractivity contribution in [1.29, 1.82) is 0 Å². The lowest BCUT2D eigenvalue weighted by Gasteiger charge is -2.10. The predicted molar refractivity (Wildman–Crippen MR) is 83.8 cm³/mol. The number of thioether (sulfide) groups is 1. The molecule has 12 heteroatoms. The molecule has 2 atom stereocenters. The van der Waals surface area contributed by atoms with Crippen molar-refractivity contribution in [3.63, 3.8) is 0 Å². The van der Waals surface area contributed by atoms with E-state index in [1.54, 1.807) is 0 Å². The van der Waals surface area contributed by atoms with Crippen molar-refractivity contribution < 1.29 is 23.1 Å². The molecule has 9 nitrogen and oxygen atoms in total. The van der Waals surface area contributed by atoms with Gasteiger partial charge in [0.2, 0.25) is 5.12 Å². The first-order chi connectivity index (χ1) is 10.6. The number of sulfone groups is 1. The van der Waals surface area contributed by atoms with Gasteiger partial charge in [-0.05, 0) is 0 Å². The number of carbonyl (C=O) groups excluding carboxylic acids is 1. The molecule has 1 aliphatic rings. The molecule has 1 fully saturated rings. The van der Waals surface area contributed by atoms with Crippen LogP contribution in [0.4, 0.5) is 11.4 Å². The number of nitrogens with zero attached hydrogens (tertiary/aromatic N) is 2. The molecule has 0 unspecified atom stereocenters. The Morgan fingerprint density at radius 2 is 1.65 bits per heavy atom. The van der Waals surface area contributed by atoms with E-state index in [4.69, 9.17) is 11.6 Å². The Morgan fingerprint density at radius 1 is 1.13 bits per heavy atom. The summed E-state index contributed by atoms with van der Waals surface area (Å²) in [6.45, 7) is 0. The van der Waals surface area contributed by atoms with Gasteiger partial charge >= 0.3 is 0 Å². The first-order valence-electron chi connectivity index (χ1n) is 6.08. The van der Waals surface area contributed by atoms with E-state index in [0.717, 1.165) is 18.2 Å². The fraction of sp³-hybridized carbons (Fsp3) is 0.364. The van der Waals surface area contributed by atoms with E-state index in [1.807, 2.05) is 0 Å². The van der Waals surface area contributed by atoms with Crippen molar-refractivity contribution in [3.8, 4) is 0 Å². The van der Waals surface area contributed by atoms with Gasteiger partial charge in [-0.3, -0.25) is 25.0 Å². The van der Waals surface area contributed by atoms with Gasteiger partial charge in [-0.2, -0.15) is 0 Å². The largest absolute Gasteiger partial charge is 0.282 e. The van der Waals surface area contributed by atoms with Gasteiger partial charge in [0.15, 0.2) is 9.84 Å². The first-order valence-corrected chi connectivity index (χ1v) is 9.22. The van der Waals surface area contributed by atoms with Crippen LogP contribution in [-0.4, -0.2) is 45.5 Å². The summed E-state index contributed by atoms with van der Waals surface area (Å²) in [5.74, 6) is -0.539. The molecule has 2 rings (SSSR count). The standard InChI is InChI=1S/C11H9ClN2O7S2/c12-9-4-23(20,21)5-10(9)22-11(15)6-1-7(13(16)17)3-8(2-6)14(18)19/h1-3,9-10H,4-5H2/t9-,10-/m1/s1. The number of halogens is 1. The van der Waals surface area contributed by atoms with Crippen molar-refractivity contribution in [3.05, 3.63) is 44.0 Å². The third-order valence-corrected chi connectivity index (χ3v) is 7.04. The molecule has 1 aliphatic heterocycles. The smallest absolute Gasteiger partial charge is 0.277 e. The molecule has 1 aromatic rings. The molecule has 0 amide bonds. The minimum absolute atomic E-state index is 0.246. The molecule has 1 saturated heterocycles. The predicted octanol–water partition coefficient (Wildman–Crippen LogP) is 1.78. The summed E-state index contributed by atoms with van der Waals surface area (Å²) < 4.78 is 22.9. The van der Waals surface area contributed by atoms with Gasteiger partial charge in [-0.15, -0.1) is 11.6 Å². The van der Waals surface area contributed by atoms with Gasteiger partial charge in [0, 0.05) is 22.9 Å². The highest BCUT2D eigenvalue weighted by Crippen LogP contribution is 2.32. The first kappa shape index (κ1) is 17.6. The fourth-order valence-corrected chi connectivity index (χ4v) is 6.31. The highest BCUT2D eigenvalue weighted by molar-refractivity contribution is 8.15. The zero-order valence-electron chi connectivity index (χ0n) is 11.2. The molecule has 0 saturated carbocycles. The van der Waals surface area contributed by atoms with Gasteiger partial charge in [0.25, 0.3) is 11.4 Å². The maximum absolute atomic E-state index is 12.2. The Hall–Kier alpha value is -1.72. The van der Waals surface area contributed by atoms with Crippen LogP contribution < -0.4 is 0 Å². The van der Waals surface area contributed by atoms with Crippen LogP contribution in [0.2, 0.25) is 0 Å². The molecular formula is C11H9ClN2O7S2. The number of hydrogen-bond donors (Lipinski definition) is 0. The van der Waals surface area contributed by atoms with Crippen LogP contribution in [0.15, 0.2) is 18.2 Å². The highest BCUT2D eigenvalue weighted by Gasteiger charge is 2.38. The van der Waals surface area contributed by atoms with Crippen LogP contribution in [0, 0.1) is 20.2 Å². The lowest BCUT2D eigenvalue weighted by Crippen LogP contribution is -2.17. The maximum Gasteiger partial charge on any atom is 0.277 e. The quantitative estimate of drug-likeness (QED) is 0.437. The summed E-state index contributed by atoms with van der Waals surface area (Å²) >= 11 is 6.51. The second-order valence-corrected chi connectivity index (χ2v) is 8.72. The van der Waals surface area contributed by atoms with Gasteiger partial charge < -0.3 is 0 Å². The SMILES string of the molecule is O=C(S[C@@H]1CS(=O)(=O)C[C@H]1Cl)c1cc([N+](=O)[O-])cc([N+](=O)[O-])c1. The number of benzene rings is 1. The second-order valence-electron chi connectivity index (χ2n) is 4.79. The minimum Gasteiger partial charge on any atom is -0.282 e. The van der Waals surface area contributed by atoms with E-state index in [-0.39, 0.29) is 17.1 Å². The molecule has 0 spiro atoms. The van der Waals surface area contributed by atoms with E-state index in [2.05, 4.69) is 0 Å². The van der Waals surface area contributed by atoms with Crippen LogP contribution in [0.25, 0.3) is 0 Å². The summed E-state index contributed by atoms with van der Waals surface area (Å²) in [6, 6.07) is 2.57. The number of alkyl halides is 1. The van der Waals surface area contributed by atoms with Gasteiger partial charge in [0.1, 0.15) is 0 Å². The second kappa shape index (κ2) is 6.42. The summed E-state index contributed by atoms with van der Waals surface area (Å²) in [5.41, 5.74) is -1.43. The molecule has 0 aliphatic carbocycles. The number of nitro benzene ring substituents is 2. The molecule has 0 aromatic heterocycles. The molecule has 0 bridgehead atoms. The van der Waals surface area contributed by atoms with E-state index in [1.165, 1.54) is 0 Å². The zero-order chi connectivity index (χ0) is 17.4. The Morgan fingerprint density at radius 3 is 2.04 bits per heavy atom. The molecule has 0 radical (unpaired) electrons. The van der Waals surface area contributed by atoms with E-state index >= 15 is 0 Å². The fourth-order valence-electron chi connectivity index (χ4n) is 2.01. The van der Waals surface area contributed by atoms with Crippen LogP contribution in [0.1, 0.15) is 10.4 Å².